The fourth-order valence-electron chi connectivity index (χ4n) is 1.11. The molecule has 7 heteroatoms. The molecule has 2 N–H and O–H groups in total. The van der Waals surface area contributed by atoms with Gasteiger partial charge in [0.1, 0.15) is 6.04 Å². The average molecular weight is 269 g/mol. The third kappa shape index (κ3) is 5.37. The van der Waals surface area contributed by atoms with Crippen LogP contribution in [0.15, 0.2) is 0 Å². The molecule has 0 amide bonds. The number of carboxylic acid groups (broad SMARTS) is 1. The zero-order valence-corrected chi connectivity index (χ0v) is 11.8. The van der Waals surface area contributed by atoms with E-state index in [1.165, 1.54) is 0 Å². The van der Waals surface area contributed by atoms with Crippen LogP contribution in [0, 0.1) is 5.92 Å². The van der Waals surface area contributed by atoms with Crippen molar-refractivity contribution in [2.75, 3.05) is 13.2 Å². The Morgan fingerprint density at radius 1 is 1.38 bits per heavy atom. The first kappa shape index (κ1) is 16.0. The van der Waals surface area contributed by atoms with Crippen molar-refractivity contribution in [1.29, 1.82) is 0 Å². The molecular weight excluding hydrogens is 249 g/mol. The Morgan fingerprint density at radius 3 is 2.06 bits per heavy atom. The molecule has 0 radical (unpaired) electrons. The summed E-state index contributed by atoms with van der Waals surface area (Å²) in [6.07, 6.45) is 0. The molecule has 5 nitrogen and oxygen atoms in total. The van der Waals surface area contributed by atoms with Gasteiger partial charge < -0.3 is 14.2 Å². The second-order valence-corrected chi connectivity index (χ2v) is 6.73. The monoisotopic (exact) mass is 269 g/mol. The Hall–Kier alpha value is -0.0000000000000000763. The molecule has 0 heterocycles. The maximum absolute atomic E-state index is 11.0. The van der Waals surface area contributed by atoms with E-state index in [1.54, 1.807) is 13.8 Å². The lowest BCUT2D eigenvalue weighted by molar-refractivity contribution is -0.140. The van der Waals surface area contributed by atoms with E-state index < -0.39 is 18.7 Å². The molecule has 0 spiro atoms. The Balaban J connectivity index is 4.70. The largest absolute Gasteiger partial charge is 0.480 e. The highest BCUT2D eigenvalue weighted by atomic mass is 32.5. The molecule has 0 aromatic heterocycles. The highest BCUT2D eigenvalue weighted by molar-refractivity contribution is 8.09. The van der Waals surface area contributed by atoms with Crippen molar-refractivity contribution in [2.24, 2.45) is 5.92 Å². The first-order chi connectivity index (χ1) is 7.36. The molecule has 0 aromatic carbocycles. The Labute approximate surface area is 102 Å². The fraction of sp³-hybridized carbons (Fsp3) is 0.889. The second-order valence-electron chi connectivity index (χ2n) is 3.52. The minimum Gasteiger partial charge on any atom is -0.480 e. The highest BCUT2D eigenvalue weighted by Crippen LogP contribution is 2.44. The number of carbonyl (C=O) groups is 1. The van der Waals surface area contributed by atoms with Crippen LogP contribution in [0.3, 0.4) is 0 Å². The zero-order chi connectivity index (χ0) is 12.8. The van der Waals surface area contributed by atoms with Crippen molar-refractivity contribution in [3.8, 4) is 0 Å². The predicted octanol–water partition coefficient (Wildman–Crippen LogP) is 1.98. The quantitative estimate of drug-likeness (QED) is 0.657. The third-order valence-corrected chi connectivity index (χ3v) is 4.57. The minimum atomic E-state index is -2.68. The number of hydrogen-bond donors (Lipinski definition) is 2. The molecule has 0 saturated carbocycles. The molecule has 0 bridgehead atoms. The predicted molar refractivity (Wildman–Crippen MR) is 66.9 cm³/mol. The maximum Gasteiger partial charge on any atom is 0.321 e. The number of hydrogen-bond acceptors (Lipinski definition) is 4. The number of carboxylic acids is 1. The Bertz CT molecular complexity index is 262. The van der Waals surface area contributed by atoms with Gasteiger partial charge in [0.05, 0.1) is 13.2 Å². The number of aliphatic carboxylic acids is 1. The molecule has 0 aromatic rings. The van der Waals surface area contributed by atoms with Crippen molar-refractivity contribution in [3.63, 3.8) is 0 Å². The molecule has 96 valence electrons. The second kappa shape index (κ2) is 7.35. The maximum atomic E-state index is 11.0. The van der Waals surface area contributed by atoms with E-state index in [0.717, 1.165) is 0 Å². The SMILES string of the molecule is CCOP(=S)(N[C@H](C(=O)O)C(C)C)OCC. The van der Waals surface area contributed by atoms with Crippen molar-refractivity contribution >= 4 is 24.4 Å². The van der Waals surface area contributed by atoms with E-state index in [0.29, 0.717) is 13.2 Å². The van der Waals surface area contributed by atoms with E-state index in [2.05, 4.69) is 5.09 Å². The van der Waals surface area contributed by atoms with Crippen LogP contribution in [0.4, 0.5) is 0 Å². The smallest absolute Gasteiger partial charge is 0.321 e. The Kier molecular flexibility index (Phi) is 7.35. The lowest BCUT2D eigenvalue weighted by atomic mass is 10.1. The van der Waals surface area contributed by atoms with Crippen LogP contribution in [0.25, 0.3) is 0 Å². The van der Waals surface area contributed by atoms with Crippen LogP contribution in [-0.4, -0.2) is 30.3 Å². The molecular formula is C9H20NO4PS. The van der Waals surface area contributed by atoms with Gasteiger partial charge in [0.25, 0.3) is 6.64 Å². The van der Waals surface area contributed by atoms with Gasteiger partial charge in [-0.15, -0.1) is 0 Å². The van der Waals surface area contributed by atoms with Gasteiger partial charge in [-0.2, -0.15) is 0 Å². The molecule has 0 unspecified atom stereocenters. The fourth-order valence-corrected chi connectivity index (χ4v) is 3.74. The molecule has 0 fully saturated rings. The molecule has 0 saturated heterocycles. The van der Waals surface area contributed by atoms with Crippen molar-refractivity contribution < 1.29 is 18.9 Å². The number of nitrogens with one attached hydrogen (secondary N) is 1. The van der Waals surface area contributed by atoms with Crippen LogP contribution in [-0.2, 0) is 25.6 Å². The zero-order valence-electron chi connectivity index (χ0n) is 10.1. The third-order valence-electron chi connectivity index (χ3n) is 1.83. The van der Waals surface area contributed by atoms with Crippen LogP contribution in [0.1, 0.15) is 27.7 Å². The van der Waals surface area contributed by atoms with Gasteiger partial charge in [0, 0.05) is 0 Å². The normalized spacial score (nSPS) is 14.1. The molecule has 16 heavy (non-hydrogen) atoms. The molecule has 1 atom stereocenters. The topological polar surface area (TPSA) is 67.8 Å². The summed E-state index contributed by atoms with van der Waals surface area (Å²) in [4.78, 5) is 11.0. The average Bonchev–Trinajstić information content (AvgIpc) is 2.14. The van der Waals surface area contributed by atoms with Gasteiger partial charge in [-0.1, -0.05) is 13.8 Å². The van der Waals surface area contributed by atoms with Gasteiger partial charge in [-0.3, -0.25) is 4.79 Å². The summed E-state index contributed by atoms with van der Waals surface area (Å²) >= 11 is 5.21. The van der Waals surface area contributed by atoms with E-state index in [1.807, 2.05) is 13.8 Å². The van der Waals surface area contributed by atoms with Crippen LogP contribution in [0.5, 0.6) is 0 Å². The first-order valence-electron chi connectivity index (χ1n) is 5.26. The molecule has 0 aliphatic rings. The summed E-state index contributed by atoms with van der Waals surface area (Å²) in [6, 6.07) is -0.746. The summed E-state index contributed by atoms with van der Waals surface area (Å²) in [5.74, 6) is -1.02. The summed E-state index contributed by atoms with van der Waals surface area (Å²) < 4.78 is 10.7. The van der Waals surface area contributed by atoms with E-state index in [-0.39, 0.29) is 5.92 Å². The van der Waals surface area contributed by atoms with Crippen LogP contribution >= 0.6 is 6.64 Å². The molecule has 0 rings (SSSR count). The standard InChI is InChI=1S/C9H20NO4PS/c1-5-13-15(16,14-6-2)10-8(7(3)4)9(11)12/h7-8H,5-6H2,1-4H3,(H,10,16)(H,11,12)/t8-/m0/s1. The summed E-state index contributed by atoms with van der Waals surface area (Å²) in [5, 5.41) is 11.9. The van der Waals surface area contributed by atoms with E-state index in [4.69, 9.17) is 26.0 Å². The van der Waals surface area contributed by atoms with Gasteiger partial charge in [0.2, 0.25) is 0 Å². The van der Waals surface area contributed by atoms with Crippen molar-refractivity contribution in [2.45, 2.75) is 33.7 Å². The summed E-state index contributed by atoms with van der Waals surface area (Å²) in [6.45, 7) is 5.33. The summed E-state index contributed by atoms with van der Waals surface area (Å²) in [5.41, 5.74) is 0. The Morgan fingerprint density at radius 2 is 1.81 bits per heavy atom. The van der Waals surface area contributed by atoms with Gasteiger partial charge >= 0.3 is 5.97 Å². The minimum absolute atomic E-state index is 0.0827. The van der Waals surface area contributed by atoms with Crippen molar-refractivity contribution in [1.82, 2.24) is 5.09 Å². The first-order valence-corrected chi connectivity index (χ1v) is 7.89. The van der Waals surface area contributed by atoms with Crippen molar-refractivity contribution in [3.05, 3.63) is 0 Å². The van der Waals surface area contributed by atoms with E-state index >= 15 is 0 Å². The van der Waals surface area contributed by atoms with Gasteiger partial charge in [-0.05, 0) is 31.6 Å². The number of rotatable bonds is 8. The van der Waals surface area contributed by atoms with Crippen LogP contribution < -0.4 is 5.09 Å². The van der Waals surface area contributed by atoms with Gasteiger partial charge in [-0.25, -0.2) is 5.09 Å². The van der Waals surface area contributed by atoms with E-state index in [9.17, 15) is 4.79 Å². The van der Waals surface area contributed by atoms with Crippen LogP contribution in [0.2, 0.25) is 0 Å². The lowest BCUT2D eigenvalue weighted by Gasteiger charge is -2.27. The highest BCUT2D eigenvalue weighted by Gasteiger charge is 2.29. The lowest BCUT2D eigenvalue weighted by Crippen LogP contribution is -2.39. The summed E-state index contributed by atoms with van der Waals surface area (Å²) in [7, 11) is 0. The molecule has 0 aliphatic carbocycles. The molecule has 0 aliphatic heterocycles. The van der Waals surface area contributed by atoms with Gasteiger partial charge in [0.15, 0.2) is 0 Å².